The van der Waals surface area contributed by atoms with E-state index in [0.717, 1.165) is 6.07 Å². The Balaban J connectivity index is 2.10. The van der Waals surface area contributed by atoms with E-state index in [1.54, 1.807) is 24.3 Å². The highest BCUT2D eigenvalue weighted by molar-refractivity contribution is 6.04. The molecule has 2 aromatic carbocycles. The number of amides is 1. The van der Waals surface area contributed by atoms with Crippen LogP contribution in [0, 0.1) is 0 Å². The third-order valence-corrected chi connectivity index (χ3v) is 2.73. The summed E-state index contributed by atoms with van der Waals surface area (Å²) in [6.45, 7) is 0. The molecule has 1 amide bonds. The minimum atomic E-state index is -0.929. The lowest BCUT2D eigenvalue weighted by Crippen LogP contribution is -2.11. The molecule has 0 aromatic heterocycles. The predicted molar refractivity (Wildman–Crippen MR) is 75.5 cm³/mol. The Bertz CT molecular complexity index is 659. The lowest BCUT2D eigenvalue weighted by Gasteiger charge is -2.07. The largest absolute Gasteiger partial charge is 0.508 e. The molecule has 21 heavy (non-hydrogen) atoms. The normalized spacial score (nSPS) is 10.1. The zero-order valence-electron chi connectivity index (χ0n) is 10.9. The molecule has 2 aromatic rings. The van der Waals surface area contributed by atoms with Gasteiger partial charge in [-0.2, -0.15) is 0 Å². The van der Waals surface area contributed by atoms with Crippen molar-refractivity contribution in [2.45, 2.75) is 6.42 Å². The number of benzene rings is 2. The van der Waals surface area contributed by atoms with E-state index < -0.39 is 11.9 Å². The lowest BCUT2D eigenvalue weighted by atomic mass is 10.1. The van der Waals surface area contributed by atoms with E-state index in [1.165, 1.54) is 12.1 Å². The topological polar surface area (TPSA) is 107 Å². The molecule has 2 rings (SSSR count). The number of phenolic OH excluding ortho intramolecular Hbond substituents is 2. The average Bonchev–Trinajstić information content (AvgIpc) is 2.39. The fraction of sp³-hybridized carbons (Fsp3) is 0.0667. The van der Waals surface area contributed by atoms with Crippen molar-refractivity contribution in [3.63, 3.8) is 0 Å². The fourth-order valence-corrected chi connectivity index (χ4v) is 1.81. The highest BCUT2D eigenvalue weighted by Gasteiger charge is 2.09. The SMILES string of the molecule is O=C(O)Cc1ccc(NC(=O)c2cc(O)cc(O)c2)cc1. The molecular formula is C15H13NO5. The van der Waals surface area contributed by atoms with E-state index in [-0.39, 0.29) is 23.5 Å². The smallest absolute Gasteiger partial charge is 0.307 e. The van der Waals surface area contributed by atoms with Gasteiger partial charge in [-0.3, -0.25) is 9.59 Å². The number of anilines is 1. The van der Waals surface area contributed by atoms with E-state index in [2.05, 4.69) is 5.32 Å². The summed E-state index contributed by atoms with van der Waals surface area (Å²) in [6.07, 6.45) is -0.0886. The van der Waals surface area contributed by atoms with Crippen LogP contribution in [-0.2, 0) is 11.2 Å². The van der Waals surface area contributed by atoms with Crippen LogP contribution in [0.2, 0.25) is 0 Å². The number of hydrogen-bond donors (Lipinski definition) is 4. The van der Waals surface area contributed by atoms with E-state index in [0.29, 0.717) is 11.3 Å². The number of carbonyl (C=O) groups is 2. The summed E-state index contributed by atoms with van der Waals surface area (Å²) >= 11 is 0. The quantitative estimate of drug-likeness (QED) is 0.688. The molecule has 0 spiro atoms. The summed E-state index contributed by atoms with van der Waals surface area (Å²) in [5.41, 5.74) is 1.22. The van der Waals surface area contributed by atoms with E-state index in [9.17, 15) is 19.8 Å². The summed E-state index contributed by atoms with van der Waals surface area (Å²) in [5, 5.41) is 29.9. The van der Waals surface area contributed by atoms with Crippen LogP contribution >= 0.6 is 0 Å². The molecule has 0 aliphatic carbocycles. The van der Waals surface area contributed by atoms with E-state index >= 15 is 0 Å². The number of phenols is 2. The Morgan fingerprint density at radius 3 is 2.05 bits per heavy atom. The summed E-state index contributed by atoms with van der Waals surface area (Å²) < 4.78 is 0. The highest BCUT2D eigenvalue weighted by atomic mass is 16.4. The van der Waals surface area contributed by atoms with Gasteiger partial charge in [-0.1, -0.05) is 12.1 Å². The van der Waals surface area contributed by atoms with Crippen LogP contribution in [0.25, 0.3) is 0 Å². The molecule has 0 heterocycles. The maximum Gasteiger partial charge on any atom is 0.307 e. The van der Waals surface area contributed by atoms with Crippen molar-refractivity contribution in [3.05, 3.63) is 53.6 Å². The summed E-state index contributed by atoms with van der Waals surface area (Å²) in [7, 11) is 0. The van der Waals surface area contributed by atoms with Crippen molar-refractivity contribution in [3.8, 4) is 11.5 Å². The van der Waals surface area contributed by atoms with Gasteiger partial charge in [-0.05, 0) is 29.8 Å². The molecule has 0 aliphatic rings. The summed E-state index contributed by atoms with van der Waals surface area (Å²) in [6, 6.07) is 9.95. The van der Waals surface area contributed by atoms with Crippen molar-refractivity contribution in [1.29, 1.82) is 0 Å². The number of rotatable bonds is 4. The van der Waals surface area contributed by atoms with Crippen LogP contribution in [0.3, 0.4) is 0 Å². The Morgan fingerprint density at radius 2 is 1.52 bits per heavy atom. The Labute approximate surface area is 120 Å². The molecule has 0 aliphatic heterocycles. The van der Waals surface area contributed by atoms with Gasteiger partial charge in [-0.25, -0.2) is 0 Å². The van der Waals surface area contributed by atoms with Gasteiger partial charge in [0, 0.05) is 17.3 Å². The van der Waals surface area contributed by atoms with Crippen LogP contribution in [0.15, 0.2) is 42.5 Å². The molecule has 4 N–H and O–H groups in total. The molecule has 0 saturated heterocycles. The third-order valence-electron chi connectivity index (χ3n) is 2.73. The summed E-state index contributed by atoms with van der Waals surface area (Å²) in [5.74, 6) is -1.84. The van der Waals surface area contributed by atoms with Gasteiger partial charge < -0.3 is 20.6 Å². The maximum atomic E-state index is 12.0. The van der Waals surface area contributed by atoms with E-state index in [1.807, 2.05) is 0 Å². The van der Waals surface area contributed by atoms with Crippen LogP contribution in [0.5, 0.6) is 11.5 Å². The first-order chi connectivity index (χ1) is 9.94. The van der Waals surface area contributed by atoms with Crippen LogP contribution < -0.4 is 5.32 Å². The second-order valence-corrected chi connectivity index (χ2v) is 4.46. The van der Waals surface area contributed by atoms with Crippen LogP contribution in [-0.4, -0.2) is 27.2 Å². The monoisotopic (exact) mass is 287 g/mol. The van der Waals surface area contributed by atoms with Crippen molar-refractivity contribution in [2.75, 3.05) is 5.32 Å². The Hall–Kier alpha value is -3.02. The average molecular weight is 287 g/mol. The highest BCUT2D eigenvalue weighted by Crippen LogP contribution is 2.21. The van der Waals surface area contributed by atoms with Crippen LogP contribution in [0.1, 0.15) is 15.9 Å². The zero-order chi connectivity index (χ0) is 15.4. The third kappa shape index (κ3) is 3.97. The van der Waals surface area contributed by atoms with Crippen molar-refractivity contribution in [1.82, 2.24) is 0 Å². The minimum absolute atomic E-state index is 0.0886. The second-order valence-electron chi connectivity index (χ2n) is 4.46. The van der Waals surface area contributed by atoms with Gasteiger partial charge in [0.25, 0.3) is 5.91 Å². The number of hydrogen-bond acceptors (Lipinski definition) is 4. The molecule has 6 heteroatoms. The minimum Gasteiger partial charge on any atom is -0.508 e. The van der Waals surface area contributed by atoms with Crippen LogP contribution in [0.4, 0.5) is 5.69 Å². The van der Waals surface area contributed by atoms with Gasteiger partial charge in [0.2, 0.25) is 0 Å². The lowest BCUT2D eigenvalue weighted by molar-refractivity contribution is -0.136. The maximum absolute atomic E-state index is 12.0. The van der Waals surface area contributed by atoms with Gasteiger partial charge in [0.05, 0.1) is 6.42 Å². The molecule has 0 unspecified atom stereocenters. The summed E-state index contributed by atoms with van der Waals surface area (Å²) in [4.78, 5) is 22.5. The first-order valence-corrected chi connectivity index (χ1v) is 6.09. The standard InChI is InChI=1S/C15H13NO5/c17-12-6-10(7-13(18)8-12)15(21)16-11-3-1-9(2-4-11)5-14(19)20/h1-4,6-8,17-18H,5H2,(H,16,21)(H,19,20). The molecule has 0 saturated carbocycles. The van der Waals surface area contributed by atoms with Crippen molar-refractivity contribution in [2.24, 2.45) is 0 Å². The molecule has 0 bridgehead atoms. The number of carboxylic acids is 1. The number of carbonyl (C=O) groups excluding carboxylic acids is 1. The molecule has 6 nitrogen and oxygen atoms in total. The van der Waals surface area contributed by atoms with Crippen molar-refractivity contribution < 1.29 is 24.9 Å². The number of nitrogens with one attached hydrogen (secondary N) is 1. The molecule has 0 radical (unpaired) electrons. The second kappa shape index (κ2) is 5.96. The Kier molecular flexibility index (Phi) is 4.08. The molecule has 0 fully saturated rings. The van der Waals surface area contributed by atoms with E-state index in [4.69, 9.17) is 5.11 Å². The van der Waals surface area contributed by atoms with Gasteiger partial charge >= 0.3 is 5.97 Å². The number of aromatic hydroxyl groups is 2. The fourth-order valence-electron chi connectivity index (χ4n) is 1.81. The van der Waals surface area contributed by atoms with Crippen molar-refractivity contribution >= 4 is 17.6 Å². The Morgan fingerprint density at radius 1 is 0.952 bits per heavy atom. The zero-order valence-corrected chi connectivity index (χ0v) is 10.9. The molecule has 108 valence electrons. The van der Waals surface area contributed by atoms with Gasteiger partial charge in [0.1, 0.15) is 11.5 Å². The molecule has 0 atom stereocenters. The number of carboxylic acid groups (broad SMARTS) is 1. The molecular weight excluding hydrogens is 274 g/mol. The first-order valence-electron chi connectivity index (χ1n) is 6.09. The van der Waals surface area contributed by atoms with Gasteiger partial charge in [-0.15, -0.1) is 0 Å². The predicted octanol–water partition coefficient (Wildman–Crippen LogP) is 1.98. The van der Waals surface area contributed by atoms with Gasteiger partial charge in [0.15, 0.2) is 0 Å². The first kappa shape index (κ1) is 14.4. The number of aliphatic carboxylic acids is 1.